The molecule has 3 aromatic rings. The molecule has 2 aliphatic rings. The van der Waals surface area contributed by atoms with E-state index < -0.39 is 0 Å². The van der Waals surface area contributed by atoms with Crippen LogP contribution in [0, 0.1) is 0 Å². The maximum absolute atomic E-state index is 5.65. The van der Waals surface area contributed by atoms with Gasteiger partial charge in [-0.2, -0.15) is 9.97 Å². The van der Waals surface area contributed by atoms with E-state index in [2.05, 4.69) is 56.2 Å². The Kier molecular flexibility index (Phi) is 7.63. The van der Waals surface area contributed by atoms with Gasteiger partial charge in [0.25, 0.3) is 0 Å². The predicted molar refractivity (Wildman–Crippen MR) is 144 cm³/mol. The van der Waals surface area contributed by atoms with Crippen molar-refractivity contribution >= 4 is 34.3 Å². The van der Waals surface area contributed by atoms with Crippen molar-refractivity contribution in [1.29, 1.82) is 0 Å². The third kappa shape index (κ3) is 5.51. The van der Waals surface area contributed by atoms with Crippen LogP contribution < -0.4 is 21.3 Å². The summed E-state index contributed by atoms with van der Waals surface area (Å²) in [5.74, 6) is 1.39. The Balaban J connectivity index is 1.36. The number of hydrogen-bond acceptors (Lipinski definition) is 8. The second-order valence-electron chi connectivity index (χ2n) is 9.67. The highest BCUT2D eigenvalue weighted by Crippen LogP contribution is 2.33. The third-order valence-corrected chi connectivity index (χ3v) is 7.37. The van der Waals surface area contributed by atoms with Crippen molar-refractivity contribution in [2.24, 2.45) is 5.73 Å². The minimum atomic E-state index is 0.472. The van der Waals surface area contributed by atoms with Gasteiger partial charge in [-0.25, -0.2) is 4.98 Å². The lowest BCUT2D eigenvalue weighted by atomic mass is 10.2. The lowest BCUT2D eigenvalue weighted by Crippen LogP contribution is -2.46. The summed E-state index contributed by atoms with van der Waals surface area (Å²) in [6.07, 6.45) is 8.83. The van der Waals surface area contributed by atoms with Crippen LogP contribution in [0.1, 0.15) is 51.5 Å². The highest BCUT2D eigenvalue weighted by Gasteiger charge is 2.22. The van der Waals surface area contributed by atoms with Crippen LogP contribution in [0.4, 0.5) is 23.1 Å². The molecule has 35 heavy (non-hydrogen) atoms. The second kappa shape index (κ2) is 11.2. The van der Waals surface area contributed by atoms with Crippen LogP contribution in [0.25, 0.3) is 11.2 Å². The number of nitrogens with two attached hydrogens (primary N) is 1. The molecule has 9 nitrogen and oxygen atoms in total. The number of hydrogen-bond donors (Lipinski definition) is 3. The molecular weight excluding hydrogens is 438 g/mol. The van der Waals surface area contributed by atoms with E-state index in [1.165, 1.54) is 31.4 Å². The molecular formula is C26H39N9. The Morgan fingerprint density at radius 1 is 1.00 bits per heavy atom. The number of benzene rings is 1. The Labute approximate surface area is 208 Å². The van der Waals surface area contributed by atoms with E-state index in [9.17, 15) is 0 Å². The molecule has 0 radical (unpaired) electrons. The molecule has 1 aliphatic heterocycles. The summed E-state index contributed by atoms with van der Waals surface area (Å²) >= 11 is 0. The molecule has 2 aromatic heterocycles. The fraction of sp³-hybridized carbons (Fsp3) is 0.577. The van der Waals surface area contributed by atoms with Gasteiger partial charge in [0, 0.05) is 50.1 Å². The van der Waals surface area contributed by atoms with Crippen molar-refractivity contribution in [1.82, 2.24) is 24.4 Å². The first-order valence-electron chi connectivity index (χ1n) is 13.3. The molecule has 1 aromatic carbocycles. The zero-order valence-electron chi connectivity index (χ0n) is 20.9. The maximum Gasteiger partial charge on any atom is 0.226 e. The first-order chi connectivity index (χ1) is 17.2. The Morgan fingerprint density at radius 3 is 2.49 bits per heavy atom. The van der Waals surface area contributed by atoms with Crippen molar-refractivity contribution in [2.75, 3.05) is 61.3 Å². The number of anilines is 4. The summed E-state index contributed by atoms with van der Waals surface area (Å²) in [6, 6.07) is 9.15. The van der Waals surface area contributed by atoms with Gasteiger partial charge in [-0.1, -0.05) is 19.8 Å². The minimum Gasteiger partial charge on any atom is -0.369 e. The van der Waals surface area contributed by atoms with Gasteiger partial charge in [-0.15, -0.1) is 0 Å². The minimum absolute atomic E-state index is 0.472. The summed E-state index contributed by atoms with van der Waals surface area (Å²) in [5, 5.41) is 6.92. The topological polar surface area (TPSA) is 100 Å². The van der Waals surface area contributed by atoms with E-state index in [1.54, 1.807) is 0 Å². The zero-order chi connectivity index (χ0) is 24.0. The SMILES string of the molecule is CCN1CCN(c2ccc(Nc3nc(NCCCCN)nc4c3ncn4C3CCCC3)cc2)CC1. The average Bonchev–Trinajstić information content (AvgIpc) is 3.57. The van der Waals surface area contributed by atoms with Crippen LogP contribution in [-0.2, 0) is 0 Å². The molecule has 5 rings (SSSR count). The number of imidazole rings is 1. The van der Waals surface area contributed by atoms with Gasteiger partial charge in [0.15, 0.2) is 17.0 Å². The first kappa shape index (κ1) is 23.8. The molecule has 9 heteroatoms. The van der Waals surface area contributed by atoms with Crippen molar-refractivity contribution < 1.29 is 0 Å². The highest BCUT2D eigenvalue weighted by molar-refractivity contribution is 5.86. The van der Waals surface area contributed by atoms with Gasteiger partial charge in [0.05, 0.1) is 6.33 Å². The fourth-order valence-electron chi connectivity index (χ4n) is 5.22. The molecule has 1 saturated carbocycles. The molecule has 0 spiro atoms. The zero-order valence-corrected chi connectivity index (χ0v) is 20.9. The first-order valence-corrected chi connectivity index (χ1v) is 13.3. The van der Waals surface area contributed by atoms with E-state index in [-0.39, 0.29) is 0 Å². The molecule has 0 atom stereocenters. The lowest BCUT2D eigenvalue weighted by Gasteiger charge is -2.35. The van der Waals surface area contributed by atoms with Crippen LogP contribution >= 0.6 is 0 Å². The molecule has 4 N–H and O–H groups in total. The number of unbranched alkanes of at least 4 members (excludes halogenated alkanes) is 1. The van der Waals surface area contributed by atoms with E-state index in [4.69, 9.17) is 20.7 Å². The molecule has 2 fully saturated rings. The molecule has 1 aliphatic carbocycles. The van der Waals surface area contributed by atoms with Gasteiger partial charge in [0.2, 0.25) is 5.95 Å². The number of aromatic nitrogens is 4. The standard InChI is InChI=1S/C26H39N9/c1-2-33-15-17-34(18-16-33)21-11-9-20(10-12-21)30-24-23-25(32-26(31-24)28-14-6-5-13-27)35(19-29-23)22-7-3-4-8-22/h9-12,19,22H,2-8,13-18,27H2,1H3,(H2,28,30,31,32). The number of rotatable bonds is 10. The normalized spacial score (nSPS) is 17.4. The average molecular weight is 478 g/mol. The molecule has 3 heterocycles. The van der Waals surface area contributed by atoms with Crippen LogP contribution in [0.5, 0.6) is 0 Å². The molecule has 0 bridgehead atoms. The summed E-state index contributed by atoms with van der Waals surface area (Å²) in [6.45, 7) is 9.27. The van der Waals surface area contributed by atoms with Gasteiger partial charge < -0.3 is 30.7 Å². The van der Waals surface area contributed by atoms with Crippen molar-refractivity contribution in [3.63, 3.8) is 0 Å². The van der Waals surface area contributed by atoms with Crippen LogP contribution in [0.2, 0.25) is 0 Å². The number of nitrogens with one attached hydrogen (secondary N) is 2. The molecule has 188 valence electrons. The number of fused-ring (bicyclic) bond motifs is 1. The smallest absolute Gasteiger partial charge is 0.226 e. The lowest BCUT2D eigenvalue weighted by molar-refractivity contribution is 0.271. The Hall–Kier alpha value is -2.91. The van der Waals surface area contributed by atoms with Gasteiger partial charge in [-0.05, 0) is 63.0 Å². The van der Waals surface area contributed by atoms with E-state index in [0.717, 1.165) is 74.8 Å². The molecule has 0 amide bonds. The van der Waals surface area contributed by atoms with E-state index >= 15 is 0 Å². The number of piperazine rings is 1. The quantitative estimate of drug-likeness (QED) is 0.377. The largest absolute Gasteiger partial charge is 0.369 e. The predicted octanol–water partition coefficient (Wildman–Crippen LogP) is 3.98. The highest BCUT2D eigenvalue weighted by atomic mass is 15.3. The monoisotopic (exact) mass is 477 g/mol. The molecule has 1 saturated heterocycles. The fourth-order valence-corrected chi connectivity index (χ4v) is 5.22. The number of nitrogens with zero attached hydrogens (tertiary/aromatic N) is 6. The summed E-state index contributed by atoms with van der Waals surface area (Å²) in [5.41, 5.74) is 9.66. The van der Waals surface area contributed by atoms with Crippen molar-refractivity contribution in [3.8, 4) is 0 Å². The second-order valence-corrected chi connectivity index (χ2v) is 9.67. The van der Waals surface area contributed by atoms with Crippen LogP contribution in [0.15, 0.2) is 30.6 Å². The third-order valence-electron chi connectivity index (χ3n) is 7.37. The van der Waals surface area contributed by atoms with Gasteiger partial charge in [0.1, 0.15) is 0 Å². The Bertz CT molecular complexity index is 1080. The van der Waals surface area contributed by atoms with E-state index in [1.807, 2.05) is 6.33 Å². The van der Waals surface area contributed by atoms with Crippen LogP contribution in [0.3, 0.4) is 0 Å². The summed E-state index contributed by atoms with van der Waals surface area (Å²) in [7, 11) is 0. The van der Waals surface area contributed by atoms with Gasteiger partial charge >= 0.3 is 0 Å². The van der Waals surface area contributed by atoms with E-state index in [0.29, 0.717) is 18.5 Å². The van der Waals surface area contributed by atoms with Crippen molar-refractivity contribution in [2.45, 2.75) is 51.5 Å². The van der Waals surface area contributed by atoms with Gasteiger partial charge in [-0.3, -0.25) is 0 Å². The number of likely N-dealkylation sites (N-methyl/N-ethyl adjacent to an activating group) is 1. The summed E-state index contributed by atoms with van der Waals surface area (Å²) < 4.78 is 2.25. The summed E-state index contributed by atoms with van der Waals surface area (Å²) in [4.78, 5) is 19.4. The molecule has 0 unspecified atom stereocenters. The Morgan fingerprint density at radius 2 is 1.77 bits per heavy atom. The maximum atomic E-state index is 5.65. The van der Waals surface area contributed by atoms with Crippen LogP contribution in [-0.4, -0.2) is 70.2 Å². The van der Waals surface area contributed by atoms with Crippen molar-refractivity contribution in [3.05, 3.63) is 30.6 Å².